The Kier molecular flexibility index (Phi) is 3.99. The molecule has 0 radical (unpaired) electrons. The van der Waals surface area contributed by atoms with Gasteiger partial charge in [0.15, 0.2) is 0 Å². The molecule has 29 heavy (non-hydrogen) atoms. The number of pyridine rings is 2. The Balaban J connectivity index is 1.85. The molecule has 0 N–H and O–H groups in total. The zero-order valence-electron chi connectivity index (χ0n) is 15.3. The first-order valence-corrected chi connectivity index (χ1v) is 9.18. The molecular weight excluding hydrogens is 362 g/mol. The van der Waals surface area contributed by atoms with E-state index >= 15 is 0 Å². The fourth-order valence-electron chi connectivity index (χ4n) is 3.66. The van der Waals surface area contributed by atoms with Crippen LogP contribution in [-0.2, 0) is 0 Å². The van der Waals surface area contributed by atoms with Gasteiger partial charge in [-0.05, 0) is 58.3 Å². The molecule has 0 aliphatic heterocycles. The van der Waals surface area contributed by atoms with Crippen LogP contribution in [0.2, 0.25) is 0 Å². The fraction of sp³-hybridized carbons (Fsp3) is 0. The molecule has 0 aliphatic rings. The Labute approximate surface area is 166 Å². The van der Waals surface area contributed by atoms with E-state index in [0.29, 0.717) is 0 Å². The average molecular weight is 377 g/mol. The fourth-order valence-corrected chi connectivity index (χ4v) is 3.66. The predicted octanol–water partition coefficient (Wildman–Crippen LogP) is 6.03. The summed E-state index contributed by atoms with van der Waals surface area (Å²) in [5, 5.41) is 14.3. The van der Waals surface area contributed by atoms with E-state index in [1.54, 1.807) is 24.5 Å². The molecule has 0 amide bonds. The summed E-state index contributed by atoms with van der Waals surface area (Å²) in [6, 6.07) is 24.8. The van der Waals surface area contributed by atoms with E-state index < -0.39 is 0 Å². The maximum absolute atomic E-state index is 11.1. The Bertz CT molecular complexity index is 1360. The van der Waals surface area contributed by atoms with Crippen LogP contribution in [0.1, 0.15) is 0 Å². The monoisotopic (exact) mass is 377 g/mol. The van der Waals surface area contributed by atoms with Gasteiger partial charge in [-0.1, -0.05) is 30.3 Å². The van der Waals surface area contributed by atoms with Crippen LogP contribution in [0.15, 0.2) is 91.3 Å². The second kappa shape index (κ2) is 6.80. The first-order chi connectivity index (χ1) is 14.2. The molecule has 5 nitrogen and oxygen atoms in total. The molecule has 2 heterocycles. The van der Waals surface area contributed by atoms with Crippen molar-refractivity contribution in [3.05, 3.63) is 101 Å². The van der Waals surface area contributed by atoms with Gasteiger partial charge in [-0.2, -0.15) is 0 Å². The highest BCUT2D eigenvalue weighted by atomic mass is 16.6. The Morgan fingerprint density at radius 2 is 1.66 bits per heavy atom. The topological polar surface area (TPSA) is 68.9 Å². The predicted molar refractivity (Wildman–Crippen MR) is 115 cm³/mol. The Morgan fingerprint density at radius 3 is 2.41 bits per heavy atom. The van der Waals surface area contributed by atoms with E-state index in [4.69, 9.17) is 4.98 Å². The van der Waals surface area contributed by atoms with E-state index in [2.05, 4.69) is 23.2 Å². The summed E-state index contributed by atoms with van der Waals surface area (Å²) >= 11 is 0. The van der Waals surface area contributed by atoms with Crippen LogP contribution in [0.4, 0.5) is 5.69 Å². The van der Waals surface area contributed by atoms with Crippen LogP contribution in [0, 0.1) is 10.1 Å². The van der Waals surface area contributed by atoms with Crippen molar-refractivity contribution in [1.29, 1.82) is 0 Å². The molecule has 0 aliphatic carbocycles. The van der Waals surface area contributed by atoms with E-state index in [1.165, 1.54) is 12.1 Å². The molecule has 0 spiro atoms. The largest absolute Gasteiger partial charge is 0.269 e. The number of aromatic nitrogens is 2. The Hall–Kier alpha value is -4.12. The van der Waals surface area contributed by atoms with Gasteiger partial charge >= 0.3 is 0 Å². The van der Waals surface area contributed by atoms with E-state index in [-0.39, 0.29) is 10.6 Å². The molecule has 0 atom stereocenters. The lowest BCUT2D eigenvalue weighted by molar-refractivity contribution is -0.384. The zero-order valence-corrected chi connectivity index (χ0v) is 15.3. The van der Waals surface area contributed by atoms with Crippen molar-refractivity contribution >= 4 is 27.4 Å². The van der Waals surface area contributed by atoms with E-state index in [0.717, 1.165) is 44.1 Å². The molecule has 2 aromatic heterocycles. The second-order valence-corrected chi connectivity index (χ2v) is 6.78. The number of nitro benzene ring substituents is 1. The quantitative estimate of drug-likeness (QED) is 0.219. The van der Waals surface area contributed by atoms with Crippen LogP contribution < -0.4 is 0 Å². The minimum absolute atomic E-state index is 0.0736. The molecule has 5 rings (SSSR count). The van der Waals surface area contributed by atoms with Gasteiger partial charge in [-0.15, -0.1) is 0 Å². The molecule has 5 aromatic rings. The number of rotatable bonds is 3. The van der Waals surface area contributed by atoms with Crippen molar-refractivity contribution in [3.63, 3.8) is 0 Å². The van der Waals surface area contributed by atoms with Gasteiger partial charge in [0.2, 0.25) is 0 Å². The third-order valence-corrected chi connectivity index (χ3v) is 5.04. The molecule has 3 aromatic carbocycles. The summed E-state index contributed by atoms with van der Waals surface area (Å²) in [6.45, 7) is 0. The first-order valence-electron chi connectivity index (χ1n) is 9.18. The summed E-state index contributed by atoms with van der Waals surface area (Å²) in [7, 11) is 0. The van der Waals surface area contributed by atoms with Crippen molar-refractivity contribution in [2.75, 3.05) is 0 Å². The summed E-state index contributed by atoms with van der Waals surface area (Å²) < 4.78 is 0. The maximum Gasteiger partial charge on any atom is 0.269 e. The van der Waals surface area contributed by atoms with Gasteiger partial charge in [0, 0.05) is 35.5 Å². The van der Waals surface area contributed by atoms with Crippen molar-refractivity contribution < 1.29 is 4.92 Å². The number of hydrogen-bond acceptors (Lipinski definition) is 4. The van der Waals surface area contributed by atoms with Crippen LogP contribution in [0.25, 0.3) is 44.1 Å². The van der Waals surface area contributed by atoms with E-state index in [9.17, 15) is 10.1 Å². The lowest BCUT2D eigenvalue weighted by atomic mass is 9.94. The molecule has 0 fully saturated rings. The molecule has 5 heteroatoms. The highest BCUT2D eigenvalue weighted by Gasteiger charge is 2.14. The molecule has 138 valence electrons. The molecule has 0 bridgehead atoms. The summed E-state index contributed by atoms with van der Waals surface area (Å²) in [5.41, 5.74) is 4.58. The summed E-state index contributed by atoms with van der Waals surface area (Å²) in [5.74, 6) is 0. The number of hydrogen-bond donors (Lipinski definition) is 0. The summed E-state index contributed by atoms with van der Waals surface area (Å²) in [6.07, 6.45) is 3.52. The van der Waals surface area contributed by atoms with Gasteiger partial charge in [-0.25, -0.2) is 4.98 Å². The molecule has 0 saturated carbocycles. The van der Waals surface area contributed by atoms with Gasteiger partial charge in [0.1, 0.15) is 0 Å². The Morgan fingerprint density at radius 1 is 0.828 bits per heavy atom. The van der Waals surface area contributed by atoms with Gasteiger partial charge < -0.3 is 0 Å². The average Bonchev–Trinajstić information content (AvgIpc) is 2.79. The van der Waals surface area contributed by atoms with Crippen LogP contribution in [-0.4, -0.2) is 14.9 Å². The van der Waals surface area contributed by atoms with Gasteiger partial charge in [0.25, 0.3) is 5.69 Å². The third kappa shape index (κ3) is 2.99. The lowest BCUT2D eigenvalue weighted by Gasteiger charge is -2.13. The van der Waals surface area contributed by atoms with Gasteiger partial charge in [0.05, 0.1) is 16.1 Å². The van der Waals surface area contributed by atoms with Gasteiger partial charge in [-0.3, -0.25) is 15.1 Å². The lowest BCUT2D eigenvalue weighted by Crippen LogP contribution is -1.92. The molecule has 0 unspecified atom stereocenters. The molecule has 0 saturated heterocycles. The second-order valence-electron chi connectivity index (χ2n) is 6.78. The third-order valence-electron chi connectivity index (χ3n) is 5.04. The molecular formula is C24H15N3O2. The van der Waals surface area contributed by atoms with Crippen LogP contribution in [0.5, 0.6) is 0 Å². The SMILES string of the molecule is O=[N+]([O-])c1ccc(-c2cc(-c3cccnc3)nc3ccc4ccccc4c23)cc1. The minimum Gasteiger partial charge on any atom is -0.264 e. The number of non-ortho nitro benzene ring substituents is 1. The number of benzene rings is 3. The highest BCUT2D eigenvalue weighted by molar-refractivity contribution is 6.13. The number of fused-ring (bicyclic) bond motifs is 3. The minimum atomic E-state index is -0.384. The zero-order chi connectivity index (χ0) is 19.8. The van der Waals surface area contributed by atoms with Crippen molar-refractivity contribution in [3.8, 4) is 22.4 Å². The van der Waals surface area contributed by atoms with Crippen LogP contribution in [0.3, 0.4) is 0 Å². The standard InChI is InChI=1S/C24H15N3O2/c28-27(29)19-10-7-17(8-11-19)21-14-23(18-5-3-13-25-15-18)26-22-12-9-16-4-1-2-6-20(16)24(21)22/h1-15H. The van der Waals surface area contributed by atoms with Crippen molar-refractivity contribution in [2.45, 2.75) is 0 Å². The van der Waals surface area contributed by atoms with Crippen molar-refractivity contribution in [1.82, 2.24) is 9.97 Å². The first kappa shape index (κ1) is 17.0. The summed E-state index contributed by atoms with van der Waals surface area (Å²) in [4.78, 5) is 19.8. The smallest absolute Gasteiger partial charge is 0.264 e. The van der Waals surface area contributed by atoms with Crippen LogP contribution >= 0.6 is 0 Å². The number of nitro groups is 1. The highest BCUT2D eigenvalue weighted by Crippen LogP contribution is 2.36. The maximum atomic E-state index is 11.1. The van der Waals surface area contributed by atoms with E-state index in [1.807, 2.05) is 36.4 Å². The number of nitrogens with zero attached hydrogens (tertiary/aromatic N) is 3. The van der Waals surface area contributed by atoms with Crippen molar-refractivity contribution in [2.24, 2.45) is 0 Å². The normalized spacial score (nSPS) is 11.0.